The van der Waals surface area contributed by atoms with Crippen molar-refractivity contribution in [2.45, 2.75) is 26.7 Å². The molecule has 0 aliphatic heterocycles. The van der Waals surface area contributed by atoms with Crippen molar-refractivity contribution in [3.63, 3.8) is 0 Å². The van der Waals surface area contributed by atoms with E-state index in [1.807, 2.05) is 38.1 Å². The van der Waals surface area contributed by atoms with Gasteiger partial charge >= 0.3 is 0 Å². The maximum atomic E-state index is 10.8. The van der Waals surface area contributed by atoms with Crippen LogP contribution >= 0.6 is 10.7 Å². The van der Waals surface area contributed by atoms with Crippen LogP contribution in [-0.2, 0) is 9.05 Å². The first-order valence-corrected chi connectivity index (χ1v) is 8.47. The smallest absolute Gasteiger partial charge is 0.232 e. The normalized spacial score (nSPS) is 13.3. The molecule has 1 unspecified atom stereocenters. The molecule has 0 aliphatic carbocycles. The highest BCUT2D eigenvalue weighted by molar-refractivity contribution is 8.13. The first-order chi connectivity index (χ1) is 8.38. The SMILES string of the molecule is Cc1ccccc1OCCC(C)CCS(=O)(=O)Cl. The number of halogens is 1. The monoisotopic (exact) mass is 290 g/mol. The first-order valence-electron chi connectivity index (χ1n) is 5.99. The zero-order valence-corrected chi connectivity index (χ0v) is 12.3. The van der Waals surface area contributed by atoms with Crippen LogP contribution in [0, 0.1) is 12.8 Å². The van der Waals surface area contributed by atoms with Crippen molar-refractivity contribution in [3.8, 4) is 5.75 Å². The third-order valence-corrected chi connectivity index (χ3v) is 4.00. The van der Waals surface area contributed by atoms with Crippen molar-refractivity contribution in [1.29, 1.82) is 0 Å². The highest BCUT2D eigenvalue weighted by Gasteiger charge is 2.10. The number of ether oxygens (including phenoxy) is 1. The van der Waals surface area contributed by atoms with E-state index < -0.39 is 9.05 Å². The van der Waals surface area contributed by atoms with E-state index in [2.05, 4.69) is 0 Å². The molecule has 0 saturated carbocycles. The summed E-state index contributed by atoms with van der Waals surface area (Å²) < 4.78 is 27.3. The van der Waals surface area contributed by atoms with E-state index in [0.717, 1.165) is 17.7 Å². The van der Waals surface area contributed by atoms with Gasteiger partial charge in [0.1, 0.15) is 5.75 Å². The number of hydrogen-bond donors (Lipinski definition) is 0. The number of aryl methyl sites for hydroxylation is 1. The summed E-state index contributed by atoms with van der Waals surface area (Å²) in [5.41, 5.74) is 1.11. The van der Waals surface area contributed by atoms with Crippen molar-refractivity contribution in [2.24, 2.45) is 5.92 Å². The quantitative estimate of drug-likeness (QED) is 0.723. The Morgan fingerprint density at radius 3 is 2.56 bits per heavy atom. The third kappa shape index (κ3) is 6.26. The predicted molar refractivity (Wildman–Crippen MR) is 74.7 cm³/mol. The summed E-state index contributed by atoms with van der Waals surface area (Å²) in [6.07, 6.45) is 1.39. The second-order valence-corrected chi connectivity index (χ2v) is 7.44. The molecule has 0 radical (unpaired) electrons. The minimum atomic E-state index is -3.37. The molecule has 1 rings (SSSR count). The summed E-state index contributed by atoms with van der Waals surface area (Å²) in [5, 5.41) is 0. The van der Waals surface area contributed by atoms with Crippen molar-refractivity contribution >= 4 is 19.7 Å². The number of rotatable bonds is 7. The van der Waals surface area contributed by atoms with E-state index >= 15 is 0 Å². The molecule has 0 saturated heterocycles. The molecule has 0 fully saturated rings. The van der Waals surface area contributed by atoms with Gasteiger partial charge in [-0.15, -0.1) is 0 Å². The summed E-state index contributed by atoms with van der Waals surface area (Å²) in [6, 6.07) is 7.84. The van der Waals surface area contributed by atoms with Gasteiger partial charge in [0.25, 0.3) is 0 Å². The molecule has 0 bridgehead atoms. The Labute approximate surface area is 114 Å². The van der Waals surface area contributed by atoms with E-state index in [9.17, 15) is 8.42 Å². The minimum Gasteiger partial charge on any atom is -0.493 e. The molecule has 1 atom stereocenters. The standard InChI is InChI=1S/C13H19ClO3S/c1-11(8-10-18(14,15)16)7-9-17-13-6-4-3-5-12(13)2/h3-6,11H,7-10H2,1-2H3. The Morgan fingerprint density at radius 1 is 1.28 bits per heavy atom. The summed E-state index contributed by atoms with van der Waals surface area (Å²) >= 11 is 0. The molecule has 0 heterocycles. The van der Waals surface area contributed by atoms with E-state index in [-0.39, 0.29) is 11.7 Å². The van der Waals surface area contributed by atoms with Crippen molar-refractivity contribution in [2.75, 3.05) is 12.4 Å². The lowest BCUT2D eigenvalue weighted by molar-refractivity contribution is 0.280. The van der Waals surface area contributed by atoms with E-state index in [0.29, 0.717) is 13.0 Å². The third-order valence-electron chi connectivity index (χ3n) is 2.82. The van der Waals surface area contributed by atoms with Gasteiger partial charge in [-0.05, 0) is 37.3 Å². The minimum absolute atomic E-state index is 0.0279. The molecule has 3 nitrogen and oxygen atoms in total. The molecule has 1 aromatic carbocycles. The maximum Gasteiger partial charge on any atom is 0.232 e. The molecule has 0 spiro atoms. The van der Waals surface area contributed by atoms with Gasteiger partial charge in [-0.25, -0.2) is 8.42 Å². The zero-order chi connectivity index (χ0) is 13.6. The second kappa shape index (κ2) is 7.00. The highest BCUT2D eigenvalue weighted by atomic mass is 35.7. The van der Waals surface area contributed by atoms with Crippen LogP contribution < -0.4 is 4.74 Å². The molecular formula is C13H19ClO3S. The van der Waals surface area contributed by atoms with Gasteiger partial charge in [0.15, 0.2) is 0 Å². The second-order valence-electron chi connectivity index (χ2n) is 4.54. The number of hydrogen-bond acceptors (Lipinski definition) is 3. The van der Waals surface area contributed by atoms with Crippen molar-refractivity contribution in [3.05, 3.63) is 29.8 Å². The zero-order valence-electron chi connectivity index (χ0n) is 10.7. The fraction of sp³-hybridized carbons (Fsp3) is 0.538. The topological polar surface area (TPSA) is 43.4 Å². The molecule has 0 aromatic heterocycles. The molecule has 0 aliphatic rings. The summed E-state index contributed by atoms with van der Waals surface area (Å²) in [7, 11) is 1.80. The lowest BCUT2D eigenvalue weighted by Crippen LogP contribution is -2.08. The van der Waals surface area contributed by atoms with Gasteiger partial charge in [-0.3, -0.25) is 0 Å². The van der Waals surface area contributed by atoms with Crippen LogP contribution in [-0.4, -0.2) is 20.8 Å². The predicted octanol–water partition coefficient (Wildman–Crippen LogP) is 3.36. The molecule has 5 heteroatoms. The van der Waals surface area contributed by atoms with Crippen molar-refractivity contribution < 1.29 is 13.2 Å². The molecule has 102 valence electrons. The summed E-state index contributed by atoms with van der Waals surface area (Å²) in [6.45, 7) is 4.59. The van der Waals surface area contributed by atoms with Crippen LogP contribution in [0.3, 0.4) is 0 Å². The van der Waals surface area contributed by atoms with Crippen LogP contribution in [0.5, 0.6) is 5.75 Å². The Hall–Kier alpha value is -0.740. The van der Waals surface area contributed by atoms with Gasteiger partial charge in [-0.1, -0.05) is 25.1 Å². The first kappa shape index (κ1) is 15.3. The average Bonchev–Trinajstić information content (AvgIpc) is 2.28. The fourth-order valence-corrected chi connectivity index (χ4v) is 2.53. The van der Waals surface area contributed by atoms with Gasteiger partial charge < -0.3 is 4.74 Å². The maximum absolute atomic E-state index is 10.8. The van der Waals surface area contributed by atoms with E-state index in [1.165, 1.54) is 0 Å². The molecule has 1 aromatic rings. The molecule has 18 heavy (non-hydrogen) atoms. The number of benzene rings is 1. The Bertz CT molecular complexity index is 471. The van der Waals surface area contributed by atoms with Crippen LogP contribution in [0.4, 0.5) is 0 Å². The fourth-order valence-electron chi connectivity index (χ4n) is 1.57. The Balaban J connectivity index is 2.28. The Kier molecular flexibility index (Phi) is 5.96. The largest absolute Gasteiger partial charge is 0.493 e. The summed E-state index contributed by atoms with van der Waals surface area (Å²) in [4.78, 5) is 0. The lowest BCUT2D eigenvalue weighted by Gasteiger charge is -2.12. The number of para-hydroxylation sites is 1. The van der Waals surface area contributed by atoms with E-state index in [1.54, 1.807) is 0 Å². The molecule has 0 amide bonds. The van der Waals surface area contributed by atoms with Gasteiger partial charge in [-0.2, -0.15) is 0 Å². The van der Waals surface area contributed by atoms with Gasteiger partial charge in [0.2, 0.25) is 9.05 Å². The average molecular weight is 291 g/mol. The van der Waals surface area contributed by atoms with Crippen molar-refractivity contribution in [1.82, 2.24) is 0 Å². The van der Waals surface area contributed by atoms with Crippen LogP contribution in [0.15, 0.2) is 24.3 Å². The van der Waals surface area contributed by atoms with Crippen LogP contribution in [0.25, 0.3) is 0 Å². The van der Waals surface area contributed by atoms with Crippen LogP contribution in [0.2, 0.25) is 0 Å². The summed E-state index contributed by atoms with van der Waals surface area (Å²) in [5.74, 6) is 1.19. The molecule has 0 N–H and O–H groups in total. The Morgan fingerprint density at radius 2 is 1.94 bits per heavy atom. The molecular weight excluding hydrogens is 272 g/mol. The highest BCUT2D eigenvalue weighted by Crippen LogP contribution is 2.18. The van der Waals surface area contributed by atoms with Gasteiger partial charge in [0, 0.05) is 10.7 Å². The van der Waals surface area contributed by atoms with Gasteiger partial charge in [0.05, 0.1) is 12.4 Å². The van der Waals surface area contributed by atoms with E-state index in [4.69, 9.17) is 15.4 Å². The van der Waals surface area contributed by atoms with Crippen LogP contribution in [0.1, 0.15) is 25.3 Å². The lowest BCUT2D eigenvalue weighted by atomic mass is 10.1.